The van der Waals surface area contributed by atoms with Crippen LogP contribution in [0.2, 0.25) is 0 Å². The van der Waals surface area contributed by atoms with Crippen molar-refractivity contribution in [3.05, 3.63) is 60.3 Å². The van der Waals surface area contributed by atoms with Gasteiger partial charge in [0.05, 0.1) is 11.4 Å². The molecule has 4 N–H and O–H groups in total. The zero-order valence-electron chi connectivity index (χ0n) is 17.6. The molecule has 166 valence electrons. The molecule has 1 amide bonds. The fourth-order valence-corrected chi connectivity index (χ4v) is 4.96. The van der Waals surface area contributed by atoms with Crippen LogP contribution in [0.1, 0.15) is 29.2 Å². The van der Waals surface area contributed by atoms with Crippen molar-refractivity contribution in [2.75, 3.05) is 17.6 Å². The Hall–Kier alpha value is -3.92. The van der Waals surface area contributed by atoms with Crippen molar-refractivity contribution in [1.82, 2.24) is 30.0 Å². The Kier molecular flexibility index (Phi) is 4.54. The number of benzene rings is 1. The van der Waals surface area contributed by atoms with Crippen molar-refractivity contribution in [3.63, 3.8) is 0 Å². The number of nitrogen functional groups attached to an aromatic ring is 1. The van der Waals surface area contributed by atoms with Gasteiger partial charge in [-0.05, 0) is 43.5 Å². The van der Waals surface area contributed by atoms with Gasteiger partial charge in [0.15, 0.2) is 5.65 Å². The van der Waals surface area contributed by atoms with Gasteiger partial charge in [-0.2, -0.15) is 5.10 Å². The van der Waals surface area contributed by atoms with E-state index in [1.165, 1.54) is 24.7 Å². The summed E-state index contributed by atoms with van der Waals surface area (Å²) >= 11 is 0. The molecule has 1 saturated heterocycles. The van der Waals surface area contributed by atoms with Crippen LogP contribution in [0.5, 0.6) is 0 Å². The van der Waals surface area contributed by atoms with Gasteiger partial charge in [0.25, 0.3) is 5.91 Å². The van der Waals surface area contributed by atoms with Crippen LogP contribution in [0, 0.1) is 11.7 Å². The van der Waals surface area contributed by atoms with E-state index < -0.39 is 5.82 Å². The van der Waals surface area contributed by atoms with E-state index in [9.17, 15) is 9.18 Å². The first-order chi connectivity index (χ1) is 16.1. The van der Waals surface area contributed by atoms with Crippen LogP contribution in [0.15, 0.2) is 48.9 Å². The zero-order chi connectivity index (χ0) is 22.5. The highest BCUT2D eigenvalue weighted by atomic mass is 19.1. The van der Waals surface area contributed by atoms with E-state index in [-0.39, 0.29) is 17.8 Å². The highest BCUT2D eigenvalue weighted by molar-refractivity contribution is 6.04. The fourth-order valence-electron chi connectivity index (χ4n) is 4.96. The molecule has 10 heteroatoms. The van der Waals surface area contributed by atoms with Crippen LogP contribution in [-0.2, 0) is 0 Å². The lowest BCUT2D eigenvalue weighted by Gasteiger charge is -2.23. The predicted octanol–water partition coefficient (Wildman–Crippen LogP) is 2.78. The van der Waals surface area contributed by atoms with Gasteiger partial charge in [-0.15, -0.1) is 0 Å². The molecule has 0 spiro atoms. The van der Waals surface area contributed by atoms with Crippen molar-refractivity contribution >= 4 is 28.6 Å². The van der Waals surface area contributed by atoms with Crippen LogP contribution in [0.25, 0.3) is 22.3 Å². The van der Waals surface area contributed by atoms with Crippen molar-refractivity contribution in [3.8, 4) is 11.3 Å². The number of carbonyl (C=O) groups is 1. The Labute approximate surface area is 188 Å². The van der Waals surface area contributed by atoms with Crippen LogP contribution < -0.4 is 16.4 Å². The number of carbonyl (C=O) groups excluding carboxylic acids is 1. The number of rotatable bonds is 4. The Balaban J connectivity index is 1.33. The van der Waals surface area contributed by atoms with Gasteiger partial charge in [0, 0.05) is 29.4 Å². The molecule has 0 unspecified atom stereocenters. The number of amides is 1. The number of hydrogen-bond donors (Lipinski definition) is 3. The Morgan fingerprint density at radius 3 is 2.73 bits per heavy atom. The van der Waals surface area contributed by atoms with E-state index in [2.05, 4.69) is 25.6 Å². The van der Waals surface area contributed by atoms with E-state index in [4.69, 9.17) is 10.8 Å². The normalized spacial score (nSPS) is 21.5. The average molecular weight is 444 g/mol. The molecule has 1 aliphatic heterocycles. The molecule has 3 aromatic heterocycles. The average Bonchev–Trinajstić information content (AvgIpc) is 3.54. The summed E-state index contributed by atoms with van der Waals surface area (Å²) in [6.07, 6.45) is 4.97. The van der Waals surface area contributed by atoms with Gasteiger partial charge in [0.2, 0.25) is 0 Å². The number of pyridine rings is 1. The van der Waals surface area contributed by atoms with Crippen molar-refractivity contribution in [2.45, 2.75) is 24.9 Å². The molecule has 33 heavy (non-hydrogen) atoms. The summed E-state index contributed by atoms with van der Waals surface area (Å²) in [7, 11) is 0. The van der Waals surface area contributed by atoms with E-state index >= 15 is 0 Å². The second kappa shape index (κ2) is 7.59. The maximum atomic E-state index is 13.4. The topological polar surface area (TPSA) is 124 Å². The summed E-state index contributed by atoms with van der Waals surface area (Å²) in [5.41, 5.74) is 8.85. The highest BCUT2D eigenvalue weighted by Gasteiger charge is 2.42. The van der Waals surface area contributed by atoms with Gasteiger partial charge in [-0.25, -0.2) is 24.0 Å². The molecule has 2 aliphatic rings. The van der Waals surface area contributed by atoms with Gasteiger partial charge in [-0.1, -0.05) is 12.1 Å². The second-order valence-corrected chi connectivity index (χ2v) is 8.56. The third kappa shape index (κ3) is 3.39. The number of aromatic nitrogens is 5. The number of nitrogens with zero attached hydrogens (tertiary/aromatic N) is 5. The third-order valence-electron chi connectivity index (χ3n) is 6.51. The number of nitrogens with one attached hydrogen (secondary N) is 2. The van der Waals surface area contributed by atoms with Crippen LogP contribution in [0.4, 0.5) is 16.0 Å². The summed E-state index contributed by atoms with van der Waals surface area (Å²) in [4.78, 5) is 25.2. The van der Waals surface area contributed by atoms with Crippen molar-refractivity contribution in [1.29, 1.82) is 0 Å². The molecule has 0 radical (unpaired) electrons. The van der Waals surface area contributed by atoms with E-state index in [0.29, 0.717) is 34.4 Å². The van der Waals surface area contributed by atoms with Gasteiger partial charge >= 0.3 is 0 Å². The van der Waals surface area contributed by atoms with E-state index in [0.717, 1.165) is 30.6 Å². The summed E-state index contributed by atoms with van der Waals surface area (Å²) in [6.45, 7) is 1.05. The number of anilines is 2. The molecule has 1 aliphatic carbocycles. The van der Waals surface area contributed by atoms with Gasteiger partial charge < -0.3 is 16.4 Å². The Morgan fingerprint density at radius 1 is 1.15 bits per heavy atom. The minimum absolute atomic E-state index is 0.151. The zero-order valence-corrected chi connectivity index (χ0v) is 17.6. The summed E-state index contributed by atoms with van der Waals surface area (Å²) in [5, 5.41) is 11.8. The van der Waals surface area contributed by atoms with Crippen LogP contribution in [0.3, 0.4) is 0 Å². The number of hydrogen-bond acceptors (Lipinski definition) is 7. The molecule has 9 nitrogen and oxygen atoms in total. The molecule has 6 rings (SSSR count). The van der Waals surface area contributed by atoms with Crippen molar-refractivity contribution < 1.29 is 9.18 Å². The van der Waals surface area contributed by atoms with Crippen LogP contribution in [-0.4, -0.2) is 43.2 Å². The largest absolute Gasteiger partial charge is 0.383 e. The summed E-state index contributed by atoms with van der Waals surface area (Å²) in [6, 6.07) is 9.98. The maximum absolute atomic E-state index is 13.4. The van der Waals surface area contributed by atoms with E-state index in [1.54, 1.807) is 12.1 Å². The van der Waals surface area contributed by atoms with E-state index in [1.807, 2.05) is 16.8 Å². The summed E-state index contributed by atoms with van der Waals surface area (Å²) in [5.74, 6) is 0.330. The first-order valence-electron chi connectivity index (χ1n) is 10.8. The molecular formula is C23H21FN8O. The Bertz CT molecular complexity index is 1370. The number of nitrogens with two attached hydrogens (primary N) is 1. The molecule has 1 aromatic carbocycles. The number of piperidine rings is 1. The monoisotopic (exact) mass is 444 g/mol. The molecule has 3 atom stereocenters. The lowest BCUT2D eigenvalue weighted by molar-refractivity contribution is 0.102. The van der Waals surface area contributed by atoms with Gasteiger partial charge in [0.1, 0.15) is 29.5 Å². The van der Waals surface area contributed by atoms with Crippen LogP contribution >= 0.6 is 0 Å². The minimum atomic E-state index is -0.469. The first-order valence-corrected chi connectivity index (χ1v) is 10.8. The lowest BCUT2D eigenvalue weighted by Crippen LogP contribution is -2.35. The smallest absolute Gasteiger partial charge is 0.256 e. The number of fused-ring (bicyclic) bond motifs is 3. The maximum Gasteiger partial charge on any atom is 0.256 e. The highest BCUT2D eigenvalue weighted by Crippen LogP contribution is 2.41. The van der Waals surface area contributed by atoms with Gasteiger partial charge in [-0.3, -0.25) is 4.79 Å². The SMILES string of the molecule is Nc1ncnc2c1c(-c1ccc(C(=O)Nc3cc(F)ccn3)cc1)nn2[C@@H]1C[C@@H]2CN[C@@H]1C2. The Morgan fingerprint density at radius 2 is 2.00 bits per heavy atom. The fraction of sp³-hybridized carbons (Fsp3) is 0.261. The molecular weight excluding hydrogens is 423 g/mol. The quantitative estimate of drug-likeness (QED) is 0.442. The molecule has 1 saturated carbocycles. The molecule has 2 fully saturated rings. The van der Waals surface area contributed by atoms with Crippen molar-refractivity contribution in [2.24, 2.45) is 5.92 Å². The minimum Gasteiger partial charge on any atom is -0.383 e. The number of halogens is 1. The molecule has 2 bridgehead atoms. The second-order valence-electron chi connectivity index (χ2n) is 8.56. The molecule has 4 heterocycles. The molecule has 4 aromatic rings. The first kappa shape index (κ1) is 19.7. The standard InChI is InChI=1S/C23H21FN8O/c24-15-5-6-26-18(9-15)30-23(33)14-3-1-13(2-4-14)20-19-21(25)28-11-29-22(19)32(31-20)17-8-12-7-16(17)27-10-12/h1-6,9,11-12,16-17,27H,7-8,10H2,(H2,25,28,29)(H,26,30,33)/t12-,16-,17-/m1/s1. The third-order valence-corrected chi connectivity index (χ3v) is 6.51. The summed E-state index contributed by atoms with van der Waals surface area (Å²) < 4.78 is 15.3. The lowest BCUT2D eigenvalue weighted by atomic mass is 10.1. The predicted molar refractivity (Wildman–Crippen MR) is 121 cm³/mol.